The smallest absolute Gasteiger partial charge is 0.270 e. The van der Waals surface area contributed by atoms with Gasteiger partial charge in [-0.3, -0.25) is 9.78 Å². The van der Waals surface area contributed by atoms with Crippen LogP contribution in [0.25, 0.3) is 10.8 Å². The van der Waals surface area contributed by atoms with Crippen molar-refractivity contribution in [1.29, 1.82) is 0 Å². The number of aliphatic hydroxyl groups is 1. The van der Waals surface area contributed by atoms with Gasteiger partial charge in [-0.1, -0.05) is 38.1 Å². The quantitative estimate of drug-likeness (QED) is 0.888. The number of pyridine rings is 1. The Morgan fingerprint density at radius 1 is 1.33 bits per heavy atom. The van der Waals surface area contributed by atoms with Gasteiger partial charge in [0.25, 0.3) is 5.91 Å². The lowest BCUT2D eigenvalue weighted by Crippen LogP contribution is -2.36. The monoisotopic (exact) mass is 286 g/mol. The highest BCUT2D eigenvalue weighted by Crippen LogP contribution is 2.22. The van der Waals surface area contributed by atoms with Crippen molar-refractivity contribution in [3.63, 3.8) is 0 Å². The molecule has 0 spiro atoms. The molecule has 1 aromatic heterocycles. The molecule has 1 aromatic carbocycles. The Labute approximate surface area is 125 Å². The van der Waals surface area contributed by atoms with E-state index in [0.717, 1.165) is 10.8 Å². The third-order valence-corrected chi connectivity index (χ3v) is 3.46. The molecule has 0 aliphatic heterocycles. The van der Waals surface area contributed by atoms with Crippen molar-refractivity contribution in [2.75, 3.05) is 6.54 Å². The molecular weight excluding hydrogens is 264 g/mol. The lowest BCUT2D eigenvalue weighted by molar-refractivity contribution is 0.0899. The SMILES string of the molecule is CC(O)CC(C)(C)CNC(=O)c1nccc2ccccc12. The van der Waals surface area contributed by atoms with Gasteiger partial charge >= 0.3 is 0 Å². The van der Waals surface area contributed by atoms with Crippen molar-refractivity contribution in [3.8, 4) is 0 Å². The van der Waals surface area contributed by atoms with E-state index in [1.165, 1.54) is 0 Å². The van der Waals surface area contributed by atoms with Gasteiger partial charge in [-0.25, -0.2) is 0 Å². The summed E-state index contributed by atoms with van der Waals surface area (Å²) >= 11 is 0. The Morgan fingerprint density at radius 3 is 2.76 bits per heavy atom. The fraction of sp³-hybridized carbons (Fsp3) is 0.412. The van der Waals surface area contributed by atoms with Crippen molar-refractivity contribution in [2.24, 2.45) is 5.41 Å². The number of hydrogen-bond acceptors (Lipinski definition) is 3. The zero-order valence-electron chi connectivity index (χ0n) is 12.8. The van der Waals surface area contributed by atoms with E-state index < -0.39 is 0 Å². The van der Waals surface area contributed by atoms with Crippen molar-refractivity contribution in [2.45, 2.75) is 33.3 Å². The molecule has 4 nitrogen and oxygen atoms in total. The molecule has 0 aliphatic rings. The largest absolute Gasteiger partial charge is 0.393 e. The van der Waals surface area contributed by atoms with Crippen LogP contribution in [0.15, 0.2) is 36.5 Å². The third kappa shape index (κ3) is 4.02. The summed E-state index contributed by atoms with van der Waals surface area (Å²) in [5, 5.41) is 14.3. The maximum atomic E-state index is 12.4. The molecule has 21 heavy (non-hydrogen) atoms. The number of aromatic nitrogens is 1. The first kappa shape index (κ1) is 15.4. The zero-order chi connectivity index (χ0) is 15.5. The summed E-state index contributed by atoms with van der Waals surface area (Å²) in [6, 6.07) is 9.60. The second-order valence-electron chi connectivity index (χ2n) is 6.28. The van der Waals surface area contributed by atoms with Gasteiger partial charge in [0.05, 0.1) is 6.10 Å². The summed E-state index contributed by atoms with van der Waals surface area (Å²) in [5.41, 5.74) is 0.287. The molecular formula is C17H22N2O2. The number of nitrogens with one attached hydrogen (secondary N) is 1. The van der Waals surface area contributed by atoms with Crippen LogP contribution in [-0.4, -0.2) is 28.6 Å². The van der Waals surface area contributed by atoms with Crippen LogP contribution in [0.3, 0.4) is 0 Å². The molecule has 0 bridgehead atoms. The molecule has 1 heterocycles. The Bertz CT molecular complexity index is 630. The summed E-state index contributed by atoms with van der Waals surface area (Å²) in [5.74, 6) is -0.175. The highest BCUT2D eigenvalue weighted by atomic mass is 16.3. The van der Waals surface area contributed by atoms with Gasteiger partial charge in [0, 0.05) is 18.1 Å². The molecule has 2 rings (SSSR count). The maximum absolute atomic E-state index is 12.4. The van der Waals surface area contributed by atoms with Gasteiger partial charge in [-0.15, -0.1) is 0 Å². The van der Waals surface area contributed by atoms with Crippen LogP contribution in [-0.2, 0) is 0 Å². The van der Waals surface area contributed by atoms with E-state index in [1.54, 1.807) is 13.1 Å². The van der Waals surface area contributed by atoms with E-state index in [9.17, 15) is 9.90 Å². The van der Waals surface area contributed by atoms with Gasteiger partial charge in [0.2, 0.25) is 0 Å². The molecule has 1 unspecified atom stereocenters. The number of carbonyl (C=O) groups excluding carboxylic acids is 1. The third-order valence-electron chi connectivity index (χ3n) is 3.46. The average Bonchev–Trinajstić information content (AvgIpc) is 2.43. The van der Waals surface area contributed by atoms with E-state index in [2.05, 4.69) is 10.3 Å². The van der Waals surface area contributed by atoms with Crippen molar-refractivity contribution in [1.82, 2.24) is 10.3 Å². The molecule has 2 N–H and O–H groups in total. The molecule has 112 valence electrons. The Kier molecular flexibility index (Phi) is 4.58. The minimum absolute atomic E-state index is 0.158. The lowest BCUT2D eigenvalue weighted by atomic mass is 9.87. The van der Waals surface area contributed by atoms with Crippen molar-refractivity contribution < 1.29 is 9.90 Å². The standard InChI is InChI=1S/C17H22N2O2/c1-12(20)10-17(2,3)11-19-16(21)15-14-7-5-4-6-13(14)8-9-18-15/h4-9,12,20H,10-11H2,1-3H3,(H,19,21). The van der Waals surface area contributed by atoms with Crippen LogP contribution in [0, 0.1) is 5.41 Å². The predicted molar refractivity (Wildman–Crippen MR) is 84.2 cm³/mol. The molecule has 1 atom stereocenters. The van der Waals surface area contributed by atoms with Crippen molar-refractivity contribution >= 4 is 16.7 Å². The highest BCUT2D eigenvalue weighted by Gasteiger charge is 2.22. The summed E-state index contributed by atoms with van der Waals surface area (Å²) in [4.78, 5) is 16.6. The average molecular weight is 286 g/mol. The fourth-order valence-electron chi connectivity index (χ4n) is 2.58. The second-order valence-corrected chi connectivity index (χ2v) is 6.28. The first-order valence-corrected chi connectivity index (χ1v) is 7.19. The van der Waals surface area contributed by atoms with Gasteiger partial charge in [-0.05, 0) is 30.2 Å². The second kappa shape index (κ2) is 6.22. The van der Waals surface area contributed by atoms with E-state index in [-0.39, 0.29) is 17.4 Å². The summed E-state index contributed by atoms with van der Waals surface area (Å²) < 4.78 is 0. The Morgan fingerprint density at radius 2 is 2.05 bits per heavy atom. The molecule has 0 saturated heterocycles. The normalized spacial score (nSPS) is 13.1. The number of hydrogen-bond donors (Lipinski definition) is 2. The number of carbonyl (C=O) groups is 1. The predicted octanol–water partition coefficient (Wildman–Crippen LogP) is 2.76. The zero-order valence-corrected chi connectivity index (χ0v) is 12.8. The highest BCUT2D eigenvalue weighted by molar-refractivity contribution is 6.05. The van der Waals surface area contributed by atoms with E-state index in [4.69, 9.17) is 0 Å². The molecule has 0 radical (unpaired) electrons. The molecule has 1 amide bonds. The van der Waals surface area contributed by atoms with Gasteiger partial charge in [0.1, 0.15) is 5.69 Å². The molecule has 0 saturated carbocycles. The molecule has 0 aliphatic carbocycles. The van der Waals surface area contributed by atoms with Gasteiger partial charge < -0.3 is 10.4 Å². The summed E-state index contributed by atoms with van der Waals surface area (Å²) in [7, 11) is 0. The van der Waals surface area contributed by atoms with Crippen LogP contribution in [0.4, 0.5) is 0 Å². The van der Waals surface area contributed by atoms with Crippen LogP contribution in [0.2, 0.25) is 0 Å². The molecule has 4 heteroatoms. The minimum Gasteiger partial charge on any atom is -0.393 e. The van der Waals surface area contributed by atoms with Crippen LogP contribution in [0.5, 0.6) is 0 Å². The number of benzene rings is 1. The number of fused-ring (bicyclic) bond motifs is 1. The first-order valence-electron chi connectivity index (χ1n) is 7.19. The van der Waals surface area contributed by atoms with Crippen LogP contribution < -0.4 is 5.32 Å². The maximum Gasteiger partial charge on any atom is 0.270 e. The summed E-state index contributed by atoms with van der Waals surface area (Å²) in [6.07, 6.45) is 1.90. The number of nitrogens with zero attached hydrogens (tertiary/aromatic N) is 1. The van der Waals surface area contributed by atoms with Gasteiger partial charge in [-0.2, -0.15) is 0 Å². The molecule has 2 aromatic rings. The minimum atomic E-state index is -0.382. The first-order chi connectivity index (χ1) is 9.89. The van der Waals surface area contributed by atoms with Crippen LogP contribution in [0.1, 0.15) is 37.7 Å². The van der Waals surface area contributed by atoms with Crippen molar-refractivity contribution in [3.05, 3.63) is 42.2 Å². The fourth-order valence-corrected chi connectivity index (χ4v) is 2.58. The van der Waals surface area contributed by atoms with Crippen LogP contribution >= 0.6 is 0 Å². The number of rotatable bonds is 5. The number of aliphatic hydroxyl groups excluding tert-OH is 1. The van der Waals surface area contributed by atoms with E-state index in [0.29, 0.717) is 18.7 Å². The Balaban J connectivity index is 2.13. The number of amides is 1. The topological polar surface area (TPSA) is 62.2 Å². The lowest BCUT2D eigenvalue weighted by Gasteiger charge is -2.26. The van der Waals surface area contributed by atoms with E-state index in [1.807, 2.05) is 44.2 Å². The summed E-state index contributed by atoms with van der Waals surface area (Å²) in [6.45, 7) is 6.31. The molecule has 0 fully saturated rings. The van der Waals surface area contributed by atoms with E-state index >= 15 is 0 Å². The Hall–Kier alpha value is -1.94. The van der Waals surface area contributed by atoms with Gasteiger partial charge in [0.15, 0.2) is 0 Å².